The molecule has 0 aliphatic carbocycles. The van der Waals surface area contributed by atoms with E-state index in [0.29, 0.717) is 16.5 Å². The lowest BCUT2D eigenvalue weighted by Gasteiger charge is -2.04. The molecular formula is C15H15ClN6O. The van der Waals surface area contributed by atoms with E-state index in [9.17, 15) is 4.79 Å². The maximum Gasteiger partial charge on any atom is 0.247 e. The number of aromatic nitrogens is 5. The van der Waals surface area contributed by atoms with Crippen LogP contribution >= 0.6 is 11.6 Å². The Labute approximate surface area is 137 Å². The van der Waals surface area contributed by atoms with Crippen molar-refractivity contribution in [3.63, 3.8) is 0 Å². The standard InChI is InChI=1S/C15H15ClN6O/c1-9-15(16)10(2)22(21-9)8-14(23)18-13-7-12(19-20-13)11-3-5-17-6-4-11/h3-7H,8H2,1-2H3,(H2,18,19,20,23). The summed E-state index contributed by atoms with van der Waals surface area (Å²) in [5.41, 5.74) is 3.21. The molecule has 0 radical (unpaired) electrons. The minimum Gasteiger partial charge on any atom is -0.308 e. The summed E-state index contributed by atoms with van der Waals surface area (Å²) in [4.78, 5) is 16.1. The van der Waals surface area contributed by atoms with Crippen LogP contribution in [0.25, 0.3) is 11.3 Å². The van der Waals surface area contributed by atoms with Gasteiger partial charge in [-0.3, -0.25) is 19.6 Å². The van der Waals surface area contributed by atoms with Crippen LogP contribution in [-0.4, -0.2) is 30.9 Å². The van der Waals surface area contributed by atoms with Crippen molar-refractivity contribution in [1.82, 2.24) is 25.0 Å². The largest absolute Gasteiger partial charge is 0.308 e. The molecule has 0 aliphatic rings. The molecular weight excluding hydrogens is 316 g/mol. The number of pyridine rings is 1. The van der Waals surface area contributed by atoms with E-state index in [1.165, 1.54) is 0 Å². The second-order valence-corrected chi connectivity index (χ2v) is 5.47. The third-order valence-corrected chi connectivity index (χ3v) is 3.97. The average Bonchev–Trinajstić information content (AvgIpc) is 3.10. The fraction of sp³-hybridized carbons (Fsp3) is 0.200. The van der Waals surface area contributed by atoms with E-state index >= 15 is 0 Å². The van der Waals surface area contributed by atoms with E-state index in [-0.39, 0.29) is 12.5 Å². The lowest BCUT2D eigenvalue weighted by molar-refractivity contribution is -0.117. The predicted octanol–water partition coefficient (Wildman–Crippen LogP) is 2.58. The zero-order chi connectivity index (χ0) is 16.4. The van der Waals surface area contributed by atoms with Crippen LogP contribution in [-0.2, 0) is 11.3 Å². The Morgan fingerprint density at radius 2 is 2.09 bits per heavy atom. The quantitative estimate of drug-likeness (QED) is 0.769. The lowest BCUT2D eigenvalue weighted by Crippen LogP contribution is -2.20. The molecule has 2 N–H and O–H groups in total. The summed E-state index contributed by atoms with van der Waals surface area (Å²) in [6.07, 6.45) is 3.39. The summed E-state index contributed by atoms with van der Waals surface area (Å²) >= 11 is 6.08. The summed E-state index contributed by atoms with van der Waals surface area (Å²) in [5, 5.41) is 14.5. The fourth-order valence-corrected chi connectivity index (χ4v) is 2.35. The predicted molar refractivity (Wildman–Crippen MR) is 87.2 cm³/mol. The van der Waals surface area contributed by atoms with Gasteiger partial charge in [-0.2, -0.15) is 10.2 Å². The molecule has 0 saturated carbocycles. The molecule has 118 valence electrons. The van der Waals surface area contributed by atoms with Gasteiger partial charge in [0.05, 0.1) is 22.1 Å². The van der Waals surface area contributed by atoms with Crippen LogP contribution in [0.5, 0.6) is 0 Å². The second-order valence-electron chi connectivity index (χ2n) is 5.09. The van der Waals surface area contributed by atoms with E-state index in [1.54, 1.807) is 30.1 Å². The molecule has 8 heteroatoms. The molecule has 0 bridgehead atoms. The highest BCUT2D eigenvalue weighted by Gasteiger charge is 2.13. The topological polar surface area (TPSA) is 88.5 Å². The van der Waals surface area contributed by atoms with Gasteiger partial charge in [-0.1, -0.05) is 11.6 Å². The van der Waals surface area contributed by atoms with E-state index in [4.69, 9.17) is 11.6 Å². The van der Waals surface area contributed by atoms with E-state index < -0.39 is 0 Å². The lowest BCUT2D eigenvalue weighted by atomic mass is 10.2. The van der Waals surface area contributed by atoms with Crippen LogP contribution in [0.15, 0.2) is 30.6 Å². The minimum absolute atomic E-state index is 0.0802. The van der Waals surface area contributed by atoms with Gasteiger partial charge in [-0.05, 0) is 26.0 Å². The molecule has 0 aliphatic heterocycles. The number of aryl methyl sites for hydroxylation is 1. The highest BCUT2D eigenvalue weighted by Crippen LogP contribution is 2.20. The number of carbonyl (C=O) groups excluding carboxylic acids is 1. The maximum atomic E-state index is 12.1. The van der Waals surface area contributed by atoms with Gasteiger partial charge < -0.3 is 5.32 Å². The summed E-state index contributed by atoms with van der Waals surface area (Å²) in [7, 11) is 0. The Bertz CT molecular complexity index is 839. The molecule has 3 aromatic heterocycles. The molecule has 23 heavy (non-hydrogen) atoms. The third-order valence-electron chi connectivity index (χ3n) is 3.42. The molecule has 3 aromatic rings. The average molecular weight is 331 g/mol. The summed E-state index contributed by atoms with van der Waals surface area (Å²) in [5.74, 6) is 0.231. The molecule has 7 nitrogen and oxygen atoms in total. The number of H-pyrrole nitrogens is 1. The van der Waals surface area contributed by atoms with Gasteiger partial charge in [0.2, 0.25) is 5.91 Å². The van der Waals surface area contributed by atoms with Crippen LogP contribution in [0, 0.1) is 13.8 Å². The Morgan fingerprint density at radius 3 is 2.74 bits per heavy atom. The second kappa shape index (κ2) is 6.21. The smallest absolute Gasteiger partial charge is 0.247 e. The van der Waals surface area contributed by atoms with Gasteiger partial charge in [-0.25, -0.2) is 0 Å². The Kier molecular flexibility index (Phi) is 4.12. The summed E-state index contributed by atoms with van der Waals surface area (Å²) in [6, 6.07) is 5.48. The number of nitrogens with zero attached hydrogens (tertiary/aromatic N) is 4. The number of nitrogens with one attached hydrogen (secondary N) is 2. The highest BCUT2D eigenvalue weighted by atomic mass is 35.5. The first-order valence-electron chi connectivity index (χ1n) is 7.00. The van der Waals surface area contributed by atoms with Gasteiger partial charge in [0.1, 0.15) is 6.54 Å². The van der Waals surface area contributed by atoms with Crippen LogP contribution < -0.4 is 5.32 Å². The SMILES string of the molecule is Cc1nn(CC(=O)Nc2cc(-c3ccncc3)[nH]n2)c(C)c1Cl. The Hall–Kier alpha value is -2.67. The van der Waals surface area contributed by atoms with Gasteiger partial charge in [0.15, 0.2) is 5.82 Å². The third kappa shape index (κ3) is 3.24. The molecule has 1 amide bonds. The monoisotopic (exact) mass is 330 g/mol. The molecule has 0 unspecified atom stereocenters. The molecule has 0 spiro atoms. The van der Waals surface area contributed by atoms with Gasteiger partial charge in [-0.15, -0.1) is 0 Å². The summed E-state index contributed by atoms with van der Waals surface area (Å²) < 4.78 is 1.57. The van der Waals surface area contributed by atoms with Gasteiger partial charge in [0, 0.05) is 24.0 Å². The highest BCUT2D eigenvalue weighted by molar-refractivity contribution is 6.31. The number of halogens is 1. The molecule has 0 fully saturated rings. The molecule has 3 heterocycles. The minimum atomic E-state index is -0.222. The number of hydrogen-bond donors (Lipinski definition) is 2. The first-order chi connectivity index (χ1) is 11.0. The van der Waals surface area contributed by atoms with Crippen molar-refractivity contribution in [2.24, 2.45) is 0 Å². The number of hydrogen-bond acceptors (Lipinski definition) is 4. The Morgan fingerprint density at radius 1 is 1.35 bits per heavy atom. The number of amides is 1. The number of aromatic amines is 1. The van der Waals surface area contributed by atoms with Crippen LogP contribution in [0.4, 0.5) is 5.82 Å². The van der Waals surface area contributed by atoms with Crippen molar-refractivity contribution >= 4 is 23.3 Å². The van der Waals surface area contributed by atoms with Crippen molar-refractivity contribution in [3.05, 3.63) is 47.0 Å². The zero-order valence-corrected chi connectivity index (χ0v) is 13.4. The van der Waals surface area contributed by atoms with Crippen molar-refractivity contribution in [1.29, 1.82) is 0 Å². The molecule has 0 saturated heterocycles. The normalized spacial score (nSPS) is 10.7. The van der Waals surface area contributed by atoms with Gasteiger partial charge in [0.25, 0.3) is 0 Å². The molecule has 3 rings (SSSR count). The van der Waals surface area contributed by atoms with Crippen LogP contribution in [0.2, 0.25) is 5.02 Å². The number of anilines is 1. The van der Waals surface area contributed by atoms with E-state index in [2.05, 4.69) is 25.6 Å². The Balaban J connectivity index is 1.69. The first kappa shape index (κ1) is 15.2. The zero-order valence-electron chi connectivity index (χ0n) is 12.7. The number of rotatable bonds is 4. The number of carbonyl (C=O) groups is 1. The molecule has 0 atom stereocenters. The van der Waals surface area contributed by atoms with Crippen molar-refractivity contribution in [2.45, 2.75) is 20.4 Å². The fourth-order valence-electron chi connectivity index (χ4n) is 2.21. The van der Waals surface area contributed by atoms with E-state index in [1.807, 2.05) is 19.1 Å². The maximum absolute atomic E-state index is 12.1. The van der Waals surface area contributed by atoms with Crippen molar-refractivity contribution in [2.75, 3.05) is 5.32 Å². The molecule has 0 aromatic carbocycles. The van der Waals surface area contributed by atoms with Crippen molar-refractivity contribution in [3.8, 4) is 11.3 Å². The van der Waals surface area contributed by atoms with Crippen molar-refractivity contribution < 1.29 is 4.79 Å². The van der Waals surface area contributed by atoms with Crippen LogP contribution in [0.3, 0.4) is 0 Å². The summed E-state index contributed by atoms with van der Waals surface area (Å²) in [6.45, 7) is 3.71. The van der Waals surface area contributed by atoms with E-state index in [0.717, 1.165) is 17.0 Å². The first-order valence-corrected chi connectivity index (χ1v) is 7.37. The van der Waals surface area contributed by atoms with Gasteiger partial charge >= 0.3 is 0 Å². The van der Waals surface area contributed by atoms with Crippen LogP contribution in [0.1, 0.15) is 11.4 Å².